The van der Waals surface area contributed by atoms with Crippen molar-refractivity contribution in [1.82, 2.24) is 0 Å². The number of hydrogen-bond donors (Lipinski definition) is 0. The summed E-state index contributed by atoms with van der Waals surface area (Å²) < 4.78 is 61.3. The second-order valence-electron chi connectivity index (χ2n) is 5.87. The molecule has 146 valence electrons. The molecule has 0 aromatic carbocycles. The molecule has 0 spiro atoms. The van der Waals surface area contributed by atoms with Gasteiger partial charge in [-0.3, -0.25) is 0 Å². The fraction of sp³-hybridized carbons (Fsp3) is 0.706. The summed E-state index contributed by atoms with van der Waals surface area (Å²) in [5, 5.41) is 0. The summed E-state index contributed by atoms with van der Waals surface area (Å²) in [6, 6.07) is 4.42. The van der Waals surface area contributed by atoms with Crippen molar-refractivity contribution in [3.8, 4) is 0 Å². The van der Waals surface area contributed by atoms with E-state index >= 15 is 0 Å². The molecule has 0 saturated carbocycles. The van der Waals surface area contributed by atoms with Crippen LogP contribution in [-0.4, -0.2) is 18.5 Å². The summed E-state index contributed by atoms with van der Waals surface area (Å²) >= 11 is 0. The van der Waals surface area contributed by atoms with Gasteiger partial charge in [0, 0.05) is 18.1 Å². The van der Waals surface area contributed by atoms with E-state index in [1.165, 1.54) is 63.5 Å². The minimum atomic E-state index is -6.09. The SMILES string of the molecule is CCCCCCCC[n+]1cccc(CCC)c1.O=S(=O)([O-])C(F)(F)F. The first-order chi connectivity index (χ1) is 11.6. The summed E-state index contributed by atoms with van der Waals surface area (Å²) in [7, 11) is -6.09. The predicted octanol–water partition coefficient (Wildman–Crippen LogP) is 4.34. The molecule has 0 aliphatic rings. The van der Waals surface area contributed by atoms with E-state index in [0.717, 1.165) is 0 Å². The molecule has 1 heterocycles. The number of rotatable bonds is 9. The van der Waals surface area contributed by atoms with Gasteiger partial charge in [0.05, 0.1) is 0 Å². The molecule has 0 radical (unpaired) electrons. The largest absolute Gasteiger partial charge is 0.741 e. The number of aryl methyl sites for hydroxylation is 2. The first-order valence-corrected chi connectivity index (χ1v) is 10.0. The average molecular weight is 383 g/mol. The summed E-state index contributed by atoms with van der Waals surface area (Å²) in [6.07, 6.45) is 15.2. The molecule has 0 amide bonds. The summed E-state index contributed by atoms with van der Waals surface area (Å²) in [5.41, 5.74) is -4.17. The van der Waals surface area contributed by atoms with E-state index in [-0.39, 0.29) is 0 Å². The van der Waals surface area contributed by atoms with Crippen LogP contribution in [-0.2, 0) is 23.1 Å². The van der Waals surface area contributed by atoms with Crippen LogP contribution in [0.2, 0.25) is 0 Å². The van der Waals surface area contributed by atoms with Gasteiger partial charge < -0.3 is 4.55 Å². The third-order valence-corrected chi connectivity index (χ3v) is 4.08. The normalized spacial score (nSPS) is 11.8. The van der Waals surface area contributed by atoms with Crippen molar-refractivity contribution in [2.75, 3.05) is 0 Å². The van der Waals surface area contributed by atoms with Crippen LogP contribution >= 0.6 is 0 Å². The van der Waals surface area contributed by atoms with Gasteiger partial charge in [0.15, 0.2) is 22.5 Å². The quantitative estimate of drug-likeness (QED) is 0.276. The molecule has 1 aromatic heterocycles. The molecule has 0 bridgehead atoms. The van der Waals surface area contributed by atoms with E-state index in [1.807, 2.05) is 0 Å². The van der Waals surface area contributed by atoms with Crippen molar-refractivity contribution in [2.45, 2.75) is 77.3 Å². The highest BCUT2D eigenvalue weighted by molar-refractivity contribution is 7.86. The number of halogens is 3. The Kier molecular flexibility index (Phi) is 11.7. The molecule has 0 aliphatic carbocycles. The first kappa shape index (κ1) is 23.9. The lowest BCUT2D eigenvalue weighted by Gasteiger charge is -2.08. The highest BCUT2D eigenvalue weighted by Crippen LogP contribution is 2.20. The molecule has 1 aromatic rings. The lowest BCUT2D eigenvalue weighted by Crippen LogP contribution is -2.33. The van der Waals surface area contributed by atoms with E-state index in [9.17, 15) is 13.2 Å². The topological polar surface area (TPSA) is 61.1 Å². The lowest BCUT2D eigenvalue weighted by atomic mass is 10.1. The number of unbranched alkanes of at least 4 members (excludes halogenated alkanes) is 5. The van der Waals surface area contributed by atoms with Gasteiger partial charge in [-0.1, -0.05) is 46.0 Å². The van der Waals surface area contributed by atoms with Crippen molar-refractivity contribution < 1.29 is 30.7 Å². The van der Waals surface area contributed by atoms with Crippen molar-refractivity contribution in [3.63, 3.8) is 0 Å². The van der Waals surface area contributed by atoms with E-state index in [4.69, 9.17) is 13.0 Å². The fourth-order valence-electron chi connectivity index (χ4n) is 2.23. The molecule has 0 N–H and O–H groups in total. The molecule has 8 heteroatoms. The van der Waals surface area contributed by atoms with E-state index in [0.29, 0.717) is 0 Å². The molecular formula is C17H28F3NO3S. The van der Waals surface area contributed by atoms with Gasteiger partial charge in [-0.15, -0.1) is 0 Å². The van der Waals surface area contributed by atoms with Crippen LogP contribution in [0.4, 0.5) is 13.2 Å². The van der Waals surface area contributed by atoms with Crippen molar-refractivity contribution in [3.05, 3.63) is 30.1 Å². The highest BCUT2D eigenvalue weighted by atomic mass is 32.2. The number of aromatic nitrogens is 1. The number of nitrogens with zero attached hydrogens (tertiary/aromatic N) is 1. The zero-order valence-corrected chi connectivity index (χ0v) is 15.7. The Bertz CT molecular complexity index is 575. The first-order valence-electron chi connectivity index (χ1n) is 8.62. The minimum Gasteiger partial charge on any atom is -0.741 e. The Balaban J connectivity index is 0.000000609. The molecule has 25 heavy (non-hydrogen) atoms. The van der Waals surface area contributed by atoms with Gasteiger partial charge in [0.1, 0.15) is 6.54 Å². The maximum atomic E-state index is 10.7. The van der Waals surface area contributed by atoms with Gasteiger partial charge in [-0.05, 0) is 18.9 Å². The Morgan fingerprint density at radius 3 is 2.12 bits per heavy atom. The summed E-state index contributed by atoms with van der Waals surface area (Å²) in [4.78, 5) is 0. The van der Waals surface area contributed by atoms with Crippen LogP contribution in [0.15, 0.2) is 24.5 Å². The second-order valence-corrected chi connectivity index (χ2v) is 7.24. The van der Waals surface area contributed by atoms with E-state index in [1.54, 1.807) is 0 Å². The van der Waals surface area contributed by atoms with Crippen LogP contribution in [0.3, 0.4) is 0 Å². The summed E-state index contributed by atoms with van der Waals surface area (Å²) in [6.45, 7) is 5.70. The maximum Gasteiger partial charge on any atom is 0.485 e. The molecule has 0 fully saturated rings. The molecular weight excluding hydrogens is 355 g/mol. The maximum absolute atomic E-state index is 10.7. The smallest absolute Gasteiger partial charge is 0.485 e. The van der Waals surface area contributed by atoms with Gasteiger partial charge in [0.2, 0.25) is 0 Å². The van der Waals surface area contributed by atoms with Gasteiger partial charge >= 0.3 is 5.51 Å². The molecule has 4 nitrogen and oxygen atoms in total. The zero-order valence-electron chi connectivity index (χ0n) is 14.9. The van der Waals surface area contributed by atoms with Crippen LogP contribution in [0.5, 0.6) is 0 Å². The molecule has 0 atom stereocenters. The van der Waals surface area contributed by atoms with E-state index < -0.39 is 15.6 Å². The molecule has 0 saturated heterocycles. The van der Waals surface area contributed by atoms with Crippen LogP contribution in [0.1, 0.15) is 64.4 Å². The van der Waals surface area contributed by atoms with Crippen LogP contribution < -0.4 is 4.57 Å². The monoisotopic (exact) mass is 383 g/mol. The predicted molar refractivity (Wildman–Crippen MR) is 89.8 cm³/mol. The van der Waals surface area contributed by atoms with Crippen molar-refractivity contribution in [2.24, 2.45) is 0 Å². The Labute approximate surface area is 148 Å². The van der Waals surface area contributed by atoms with Crippen molar-refractivity contribution >= 4 is 10.1 Å². The van der Waals surface area contributed by atoms with Gasteiger partial charge in [-0.25, -0.2) is 13.0 Å². The Hall–Kier alpha value is -1.15. The van der Waals surface area contributed by atoms with Gasteiger partial charge in [0.25, 0.3) is 0 Å². The number of pyridine rings is 1. The highest BCUT2D eigenvalue weighted by Gasteiger charge is 2.36. The molecule has 1 rings (SSSR count). The van der Waals surface area contributed by atoms with Gasteiger partial charge in [-0.2, -0.15) is 13.2 Å². The second kappa shape index (κ2) is 12.2. The average Bonchev–Trinajstić information content (AvgIpc) is 2.50. The Morgan fingerprint density at radius 2 is 1.60 bits per heavy atom. The summed E-state index contributed by atoms with van der Waals surface area (Å²) in [5.74, 6) is 0. The molecule has 0 unspecified atom stereocenters. The standard InChI is InChI=1S/C16H28N.CHF3O3S/c1-3-5-6-7-8-9-13-17-14-10-12-16(15-17)11-4-2;2-1(3,4)8(5,6)7/h10,12,14-15H,3-9,11,13H2,1-2H3;(H,5,6,7)/q+1;/p-1. The third kappa shape index (κ3) is 11.9. The van der Waals surface area contributed by atoms with Crippen LogP contribution in [0.25, 0.3) is 0 Å². The third-order valence-electron chi connectivity index (χ3n) is 3.51. The fourth-order valence-corrected chi connectivity index (χ4v) is 2.23. The van der Waals surface area contributed by atoms with Crippen LogP contribution in [0, 0.1) is 0 Å². The number of hydrogen-bond acceptors (Lipinski definition) is 3. The lowest BCUT2D eigenvalue weighted by molar-refractivity contribution is -0.697. The van der Waals surface area contributed by atoms with Crippen molar-refractivity contribution in [1.29, 1.82) is 0 Å². The van der Waals surface area contributed by atoms with E-state index in [2.05, 4.69) is 42.9 Å². The zero-order chi connectivity index (χ0) is 19.3. The molecule has 0 aliphatic heterocycles. The minimum absolute atomic E-state index is 1.18. The number of alkyl halides is 3. The Morgan fingerprint density at radius 1 is 1.04 bits per heavy atom.